The van der Waals surface area contributed by atoms with Crippen LogP contribution in [0.2, 0.25) is 0 Å². The molecule has 0 fully saturated rings. The normalized spacial score (nSPS) is 13.6. The van der Waals surface area contributed by atoms with Crippen LogP contribution in [0.15, 0.2) is 68.3 Å². The molecule has 0 unspecified atom stereocenters. The van der Waals surface area contributed by atoms with Gasteiger partial charge in [0.1, 0.15) is 4.83 Å². The second kappa shape index (κ2) is 8.17. The summed E-state index contributed by atoms with van der Waals surface area (Å²) < 4.78 is 27.3. The highest BCUT2D eigenvalue weighted by Crippen LogP contribution is 2.35. The molecule has 4 aromatic rings. The van der Waals surface area contributed by atoms with Gasteiger partial charge in [-0.1, -0.05) is 41.6 Å². The maximum Gasteiger partial charge on any atom is 0.262 e. The van der Waals surface area contributed by atoms with Crippen LogP contribution in [0.5, 0.6) is 0 Å². The Balaban J connectivity index is 1.37. The second-order valence-corrected chi connectivity index (χ2v) is 12.0. The summed E-state index contributed by atoms with van der Waals surface area (Å²) in [6.45, 7) is 1.93. The Labute approximate surface area is 195 Å². The van der Waals surface area contributed by atoms with Crippen molar-refractivity contribution in [2.75, 3.05) is 0 Å². The molecule has 2 aromatic heterocycles. The van der Waals surface area contributed by atoms with E-state index in [2.05, 4.69) is 0 Å². The van der Waals surface area contributed by atoms with Crippen molar-refractivity contribution in [3.8, 4) is 0 Å². The standard InChI is InChI=1S/C24H22N2O3S3/c1-15-6-10-17(11-7-15)32(28,29)18-12-8-16(9-13-18)14-30-24-25-22-21(23(27)26(24)2)19-4-3-5-20(19)31-22/h6-13H,3-5,14H2,1-2H3. The summed E-state index contributed by atoms with van der Waals surface area (Å²) in [5.41, 5.74) is 3.21. The van der Waals surface area contributed by atoms with Gasteiger partial charge in [0.05, 0.1) is 15.2 Å². The Morgan fingerprint density at radius 2 is 1.69 bits per heavy atom. The molecular formula is C24H22N2O3S3. The smallest absolute Gasteiger partial charge is 0.262 e. The molecule has 0 radical (unpaired) electrons. The van der Waals surface area contributed by atoms with E-state index in [4.69, 9.17) is 4.98 Å². The minimum absolute atomic E-state index is 0.0245. The van der Waals surface area contributed by atoms with Crippen LogP contribution >= 0.6 is 23.1 Å². The van der Waals surface area contributed by atoms with Crippen molar-refractivity contribution >= 4 is 43.2 Å². The Morgan fingerprint density at radius 1 is 1.03 bits per heavy atom. The van der Waals surface area contributed by atoms with E-state index in [1.54, 1.807) is 59.3 Å². The summed E-state index contributed by atoms with van der Waals surface area (Å²) >= 11 is 3.13. The number of rotatable bonds is 5. The van der Waals surface area contributed by atoms with Crippen molar-refractivity contribution in [3.05, 3.63) is 80.5 Å². The summed E-state index contributed by atoms with van der Waals surface area (Å²) in [5, 5.41) is 1.47. The number of thioether (sulfide) groups is 1. The third-order valence-corrected chi connectivity index (χ3v) is 9.91. The number of fused-ring (bicyclic) bond motifs is 3. The number of thiophene rings is 1. The van der Waals surface area contributed by atoms with Crippen molar-refractivity contribution in [1.29, 1.82) is 0 Å². The van der Waals surface area contributed by atoms with E-state index in [0.717, 1.165) is 40.6 Å². The summed E-state index contributed by atoms with van der Waals surface area (Å²) in [5.74, 6) is 0.599. The summed E-state index contributed by atoms with van der Waals surface area (Å²) in [6.07, 6.45) is 3.13. The fourth-order valence-corrected chi connectivity index (χ4v) is 7.49. The summed E-state index contributed by atoms with van der Waals surface area (Å²) in [6, 6.07) is 13.8. The molecule has 0 saturated heterocycles. The van der Waals surface area contributed by atoms with Crippen molar-refractivity contribution < 1.29 is 8.42 Å². The van der Waals surface area contributed by atoms with Gasteiger partial charge in [0, 0.05) is 17.7 Å². The molecule has 8 heteroatoms. The molecular weight excluding hydrogens is 460 g/mol. The van der Waals surface area contributed by atoms with Crippen molar-refractivity contribution in [2.24, 2.45) is 7.05 Å². The predicted molar refractivity (Wildman–Crippen MR) is 130 cm³/mol. The molecule has 2 aromatic carbocycles. The molecule has 0 bridgehead atoms. The fourth-order valence-electron chi connectivity index (χ4n) is 4.00. The van der Waals surface area contributed by atoms with Gasteiger partial charge in [0.15, 0.2) is 5.16 Å². The molecule has 0 aliphatic heterocycles. The van der Waals surface area contributed by atoms with Crippen LogP contribution in [-0.4, -0.2) is 18.0 Å². The van der Waals surface area contributed by atoms with Gasteiger partial charge in [-0.15, -0.1) is 11.3 Å². The van der Waals surface area contributed by atoms with Crippen molar-refractivity contribution in [1.82, 2.24) is 9.55 Å². The maximum absolute atomic E-state index is 12.9. The zero-order valence-corrected chi connectivity index (χ0v) is 20.2. The number of hydrogen-bond donors (Lipinski definition) is 0. The van der Waals surface area contributed by atoms with Crippen LogP contribution in [0.4, 0.5) is 0 Å². The molecule has 1 aliphatic carbocycles. The zero-order chi connectivity index (χ0) is 22.5. The molecule has 0 atom stereocenters. The first-order chi connectivity index (χ1) is 15.3. The van der Waals surface area contributed by atoms with Gasteiger partial charge in [-0.2, -0.15) is 0 Å². The number of sulfone groups is 1. The first-order valence-electron chi connectivity index (χ1n) is 10.4. The summed E-state index contributed by atoms with van der Waals surface area (Å²) in [7, 11) is -1.77. The average Bonchev–Trinajstić information content (AvgIpc) is 3.37. The van der Waals surface area contributed by atoms with E-state index in [1.165, 1.54) is 22.2 Å². The van der Waals surface area contributed by atoms with E-state index >= 15 is 0 Å². The molecule has 0 amide bonds. The maximum atomic E-state index is 12.9. The van der Waals surface area contributed by atoms with Crippen LogP contribution in [0.3, 0.4) is 0 Å². The first kappa shape index (κ1) is 21.4. The van der Waals surface area contributed by atoms with E-state index < -0.39 is 9.84 Å². The number of aromatic nitrogens is 2. The van der Waals surface area contributed by atoms with Gasteiger partial charge in [-0.05, 0) is 61.6 Å². The first-order valence-corrected chi connectivity index (χ1v) is 13.7. The minimum Gasteiger partial charge on any atom is -0.290 e. The van der Waals surface area contributed by atoms with Gasteiger partial charge in [0.2, 0.25) is 9.84 Å². The molecule has 5 rings (SSSR count). The van der Waals surface area contributed by atoms with Gasteiger partial charge >= 0.3 is 0 Å². The molecule has 0 spiro atoms. The van der Waals surface area contributed by atoms with E-state index in [9.17, 15) is 13.2 Å². The van der Waals surface area contributed by atoms with Crippen LogP contribution in [0.1, 0.15) is 28.0 Å². The topological polar surface area (TPSA) is 69.0 Å². The van der Waals surface area contributed by atoms with Gasteiger partial charge in [-0.3, -0.25) is 9.36 Å². The molecule has 164 valence electrons. The molecule has 1 aliphatic rings. The SMILES string of the molecule is Cc1ccc(S(=O)(=O)c2ccc(CSc3nc4sc5c(c4c(=O)n3C)CCC5)cc2)cc1. The zero-order valence-electron chi connectivity index (χ0n) is 17.8. The highest BCUT2D eigenvalue weighted by atomic mass is 32.2. The third kappa shape index (κ3) is 3.70. The van der Waals surface area contributed by atoms with Gasteiger partial charge < -0.3 is 0 Å². The highest BCUT2D eigenvalue weighted by molar-refractivity contribution is 7.98. The van der Waals surface area contributed by atoms with Crippen LogP contribution < -0.4 is 5.56 Å². The number of hydrogen-bond acceptors (Lipinski definition) is 6. The molecule has 5 nitrogen and oxygen atoms in total. The van der Waals surface area contributed by atoms with E-state index in [-0.39, 0.29) is 10.5 Å². The largest absolute Gasteiger partial charge is 0.290 e. The fraction of sp³-hybridized carbons (Fsp3) is 0.250. The van der Waals surface area contributed by atoms with Gasteiger partial charge in [-0.25, -0.2) is 13.4 Å². The number of aryl methyl sites for hydroxylation is 3. The predicted octanol–water partition coefficient (Wildman–Crippen LogP) is 4.92. The molecule has 2 heterocycles. The van der Waals surface area contributed by atoms with Crippen molar-refractivity contribution in [3.63, 3.8) is 0 Å². The molecule has 0 N–H and O–H groups in total. The third-order valence-electron chi connectivity index (χ3n) is 5.84. The highest BCUT2D eigenvalue weighted by Gasteiger charge is 2.22. The molecule has 32 heavy (non-hydrogen) atoms. The second-order valence-electron chi connectivity index (χ2n) is 8.05. The van der Waals surface area contributed by atoms with Crippen LogP contribution in [0, 0.1) is 6.92 Å². The Hall–Kier alpha value is -2.42. The minimum atomic E-state index is -3.54. The monoisotopic (exact) mass is 482 g/mol. The lowest BCUT2D eigenvalue weighted by atomic mass is 10.2. The Kier molecular flexibility index (Phi) is 5.47. The van der Waals surface area contributed by atoms with Crippen LogP contribution in [-0.2, 0) is 35.5 Å². The van der Waals surface area contributed by atoms with Crippen molar-refractivity contribution in [2.45, 2.75) is 46.9 Å². The Morgan fingerprint density at radius 3 is 2.38 bits per heavy atom. The average molecular weight is 483 g/mol. The lowest BCUT2D eigenvalue weighted by molar-refractivity contribution is 0.596. The quantitative estimate of drug-likeness (QED) is 0.298. The van der Waals surface area contributed by atoms with Crippen LogP contribution in [0.25, 0.3) is 10.2 Å². The lowest BCUT2D eigenvalue weighted by Crippen LogP contribution is -2.20. The lowest BCUT2D eigenvalue weighted by Gasteiger charge is -2.09. The van der Waals surface area contributed by atoms with E-state index in [0.29, 0.717) is 15.8 Å². The molecule has 0 saturated carbocycles. The van der Waals surface area contributed by atoms with Gasteiger partial charge in [0.25, 0.3) is 5.56 Å². The van der Waals surface area contributed by atoms with E-state index in [1.807, 2.05) is 19.1 Å². The number of benzene rings is 2. The summed E-state index contributed by atoms with van der Waals surface area (Å²) in [4.78, 5) is 20.4. The Bertz CT molecular complexity index is 1480. The number of nitrogens with zero attached hydrogens (tertiary/aromatic N) is 2.